The molecule has 77 heavy (non-hydrogen) atoms. The van der Waals surface area contributed by atoms with Crippen LogP contribution in [0, 0.1) is 0 Å². The standard InChI is InChI=1S/C71H114O6/c1-4-7-10-13-16-19-22-25-28-31-32-33-34-35-36-37-38-41-43-46-49-52-55-58-61-64-70(73)76-67-68(77-71(74)65-62-59-56-53-50-47-44-40-30-27-24-21-18-15-12-9-6-3)66-75-69(72)63-60-57-54-51-48-45-42-39-29-26-23-20-17-14-11-8-5-2/h7,9-10,12,16-21,25-30,32-33,35-36,38,41,46,49,68H,4-6,8,11,13-15,22-24,31,34,37,39-40,42-45,47-48,50-67H2,1-3H3/b10-7-,12-9-,19-16-,20-17-,21-18-,28-25-,29-26-,30-27-,33-32-,36-35-,41-38-,49-46-. The predicted octanol–water partition coefficient (Wildman–Crippen LogP) is 21.5. The van der Waals surface area contributed by atoms with Gasteiger partial charge in [-0.1, -0.05) is 250 Å². The van der Waals surface area contributed by atoms with E-state index in [4.69, 9.17) is 14.2 Å². The van der Waals surface area contributed by atoms with Crippen molar-refractivity contribution in [1.29, 1.82) is 0 Å². The zero-order valence-electron chi connectivity index (χ0n) is 49.7. The van der Waals surface area contributed by atoms with Gasteiger partial charge in [-0.2, -0.15) is 0 Å². The molecule has 0 spiro atoms. The Morgan fingerprint density at radius 2 is 0.506 bits per heavy atom. The molecule has 0 saturated carbocycles. The van der Waals surface area contributed by atoms with Gasteiger partial charge >= 0.3 is 17.9 Å². The summed E-state index contributed by atoms with van der Waals surface area (Å²) in [7, 11) is 0. The first-order valence-electron chi connectivity index (χ1n) is 31.3. The molecule has 0 heterocycles. The third kappa shape index (κ3) is 62.0. The second kappa shape index (κ2) is 63.8. The molecule has 0 aliphatic rings. The van der Waals surface area contributed by atoms with Crippen molar-refractivity contribution in [2.75, 3.05) is 13.2 Å². The fraction of sp³-hybridized carbons (Fsp3) is 0.620. The summed E-state index contributed by atoms with van der Waals surface area (Å²) < 4.78 is 16.9. The third-order valence-corrected chi connectivity index (χ3v) is 12.8. The average molecular weight is 1060 g/mol. The van der Waals surface area contributed by atoms with Crippen molar-refractivity contribution in [3.63, 3.8) is 0 Å². The summed E-state index contributed by atoms with van der Waals surface area (Å²) in [5, 5.41) is 0. The van der Waals surface area contributed by atoms with Crippen LogP contribution in [0.2, 0.25) is 0 Å². The van der Waals surface area contributed by atoms with Crippen LogP contribution in [0.3, 0.4) is 0 Å². The van der Waals surface area contributed by atoms with Crippen LogP contribution in [0.5, 0.6) is 0 Å². The van der Waals surface area contributed by atoms with Crippen molar-refractivity contribution >= 4 is 17.9 Å². The van der Waals surface area contributed by atoms with Gasteiger partial charge in [0.2, 0.25) is 0 Å². The van der Waals surface area contributed by atoms with Gasteiger partial charge in [-0.25, -0.2) is 0 Å². The van der Waals surface area contributed by atoms with E-state index in [0.29, 0.717) is 19.3 Å². The lowest BCUT2D eigenvalue weighted by atomic mass is 10.1. The Morgan fingerprint density at radius 3 is 0.805 bits per heavy atom. The molecule has 0 aliphatic heterocycles. The first-order chi connectivity index (χ1) is 38.0. The Morgan fingerprint density at radius 1 is 0.273 bits per heavy atom. The van der Waals surface area contributed by atoms with Crippen molar-refractivity contribution in [3.8, 4) is 0 Å². The largest absolute Gasteiger partial charge is 0.462 e. The molecule has 0 aromatic rings. The molecule has 6 nitrogen and oxygen atoms in total. The average Bonchev–Trinajstić information content (AvgIpc) is 3.43. The van der Waals surface area contributed by atoms with Gasteiger partial charge in [0.05, 0.1) is 0 Å². The zero-order valence-corrected chi connectivity index (χ0v) is 49.7. The SMILES string of the molecule is CC/C=C\C/C=C\C/C=C\C/C=C\C/C=C\C/C=C\C/C=C\CCCCCC(=O)OCC(COC(=O)CCCCCCCCC/C=C\C/C=C\CCCCC)OC(=O)CCCCCCCCC/C=C\C/C=C\C/C=C\CC. The van der Waals surface area contributed by atoms with Crippen molar-refractivity contribution in [3.05, 3.63) is 146 Å². The monoisotopic (exact) mass is 1060 g/mol. The highest BCUT2D eigenvalue weighted by atomic mass is 16.6. The molecule has 0 N–H and O–H groups in total. The molecule has 0 radical (unpaired) electrons. The number of esters is 3. The highest BCUT2D eigenvalue weighted by Gasteiger charge is 2.19. The highest BCUT2D eigenvalue weighted by molar-refractivity contribution is 5.71. The molecule has 0 amide bonds. The van der Waals surface area contributed by atoms with E-state index in [1.807, 2.05) is 0 Å². The smallest absolute Gasteiger partial charge is 0.306 e. The van der Waals surface area contributed by atoms with Crippen LogP contribution in [-0.4, -0.2) is 37.2 Å². The molecule has 0 fully saturated rings. The van der Waals surface area contributed by atoms with E-state index in [1.54, 1.807) is 0 Å². The Labute approximate surface area is 474 Å². The second-order valence-corrected chi connectivity index (χ2v) is 20.2. The zero-order chi connectivity index (χ0) is 55.7. The lowest BCUT2D eigenvalue weighted by Gasteiger charge is -2.18. The van der Waals surface area contributed by atoms with Gasteiger partial charge in [-0.3, -0.25) is 14.4 Å². The fourth-order valence-electron chi connectivity index (χ4n) is 8.17. The van der Waals surface area contributed by atoms with E-state index in [9.17, 15) is 14.4 Å². The van der Waals surface area contributed by atoms with Gasteiger partial charge in [0.15, 0.2) is 6.10 Å². The summed E-state index contributed by atoms with van der Waals surface area (Å²) in [5.41, 5.74) is 0. The summed E-state index contributed by atoms with van der Waals surface area (Å²) in [6.07, 6.45) is 91.2. The molecular formula is C71H114O6. The van der Waals surface area contributed by atoms with Gasteiger partial charge in [0.1, 0.15) is 13.2 Å². The first-order valence-corrected chi connectivity index (χ1v) is 31.3. The molecule has 0 aromatic carbocycles. The van der Waals surface area contributed by atoms with Crippen molar-refractivity contribution in [2.45, 2.75) is 271 Å². The molecule has 0 aromatic heterocycles. The molecule has 0 aliphatic carbocycles. The molecule has 1 unspecified atom stereocenters. The quantitative estimate of drug-likeness (QED) is 0.0261. The maximum absolute atomic E-state index is 12.9. The van der Waals surface area contributed by atoms with E-state index < -0.39 is 6.10 Å². The second-order valence-electron chi connectivity index (χ2n) is 20.2. The van der Waals surface area contributed by atoms with E-state index >= 15 is 0 Å². The van der Waals surface area contributed by atoms with Crippen LogP contribution in [0.15, 0.2) is 146 Å². The topological polar surface area (TPSA) is 78.9 Å². The summed E-state index contributed by atoms with van der Waals surface area (Å²) in [4.78, 5) is 38.3. The fourth-order valence-corrected chi connectivity index (χ4v) is 8.17. The Bertz CT molecular complexity index is 1700. The minimum absolute atomic E-state index is 0.102. The number of hydrogen-bond donors (Lipinski definition) is 0. The van der Waals surface area contributed by atoms with E-state index in [-0.39, 0.29) is 31.1 Å². The molecule has 0 bridgehead atoms. The summed E-state index contributed by atoms with van der Waals surface area (Å²) in [6.45, 7) is 6.35. The molecule has 0 saturated heterocycles. The van der Waals surface area contributed by atoms with E-state index in [1.165, 1.54) is 77.0 Å². The van der Waals surface area contributed by atoms with Crippen LogP contribution in [-0.2, 0) is 28.6 Å². The molecule has 434 valence electrons. The summed E-state index contributed by atoms with van der Waals surface area (Å²) in [6, 6.07) is 0. The lowest BCUT2D eigenvalue weighted by molar-refractivity contribution is -0.167. The number of ether oxygens (including phenoxy) is 3. The summed E-state index contributed by atoms with van der Waals surface area (Å²) in [5.74, 6) is -0.955. The third-order valence-electron chi connectivity index (χ3n) is 12.8. The van der Waals surface area contributed by atoms with Gasteiger partial charge < -0.3 is 14.2 Å². The van der Waals surface area contributed by atoms with Crippen LogP contribution >= 0.6 is 0 Å². The number of carbonyl (C=O) groups is 3. The Balaban J connectivity index is 4.49. The number of rotatable bonds is 55. The van der Waals surface area contributed by atoms with Gasteiger partial charge in [-0.15, -0.1) is 0 Å². The Kier molecular flexibility index (Phi) is 59.9. The van der Waals surface area contributed by atoms with Crippen molar-refractivity contribution < 1.29 is 28.6 Å². The van der Waals surface area contributed by atoms with Gasteiger partial charge in [-0.05, 0) is 141 Å². The minimum Gasteiger partial charge on any atom is -0.462 e. The minimum atomic E-state index is -0.809. The van der Waals surface area contributed by atoms with Crippen LogP contribution in [0.4, 0.5) is 0 Å². The number of carbonyl (C=O) groups excluding carboxylic acids is 3. The molecular weight excluding hydrogens is 949 g/mol. The van der Waals surface area contributed by atoms with Gasteiger partial charge in [0, 0.05) is 19.3 Å². The lowest BCUT2D eigenvalue weighted by Crippen LogP contribution is -2.30. The molecule has 6 heteroatoms. The Hall–Kier alpha value is -4.71. The van der Waals surface area contributed by atoms with Crippen LogP contribution in [0.1, 0.15) is 265 Å². The number of hydrogen-bond acceptors (Lipinski definition) is 6. The molecule has 0 rings (SSSR count). The van der Waals surface area contributed by atoms with Crippen LogP contribution < -0.4 is 0 Å². The first kappa shape index (κ1) is 72.3. The van der Waals surface area contributed by atoms with E-state index in [2.05, 4.69) is 167 Å². The predicted molar refractivity (Wildman–Crippen MR) is 334 cm³/mol. The molecule has 1 atom stereocenters. The normalized spacial score (nSPS) is 13.1. The van der Waals surface area contributed by atoms with Crippen molar-refractivity contribution in [2.24, 2.45) is 0 Å². The number of allylic oxidation sites excluding steroid dienone is 24. The van der Waals surface area contributed by atoms with Gasteiger partial charge in [0.25, 0.3) is 0 Å². The van der Waals surface area contributed by atoms with Crippen LogP contribution in [0.25, 0.3) is 0 Å². The number of unbranched alkanes of at least 4 members (excludes halogenated alkanes) is 20. The maximum atomic E-state index is 12.9. The summed E-state index contributed by atoms with van der Waals surface area (Å²) >= 11 is 0. The van der Waals surface area contributed by atoms with E-state index in [0.717, 1.165) is 148 Å². The highest BCUT2D eigenvalue weighted by Crippen LogP contribution is 2.14. The maximum Gasteiger partial charge on any atom is 0.306 e. The van der Waals surface area contributed by atoms with Crippen molar-refractivity contribution in [1.82, 2.24) is 0 Å².